The van der Waals surface area contributed by atoms with Crippen molar-refractivity contribution in [3.8, 4) is 23.0 Å². The number of aryl methyl sites for hydroxylation is 2. The summed E-state index contributed by atoms with van der Waals surface area (Å²) in [5, 5.41) is 13.3. The molecule has 32 heavy (non-hydrogen) atoms. The van der Waals surface area contributed by atoms with Crippen LogP contribution in [0.5, 0.6) is 23.0 Å². The lowest BCUT2D eigenvalue weighted by Crippen LogP contribution is -2.32. The number of aromatic hydroxyl groups is 1. The first-order valence-electron chi connectivity index (χ1n) is 10.3. The summed E-state index contributed by atoms with van der Waals surface area (Å²) in [4.78, 5) is 12.9. The summed E-state index contributed by atoms with van der Waals surface area (Å²) >= 11 is 6.31. The van der Waals surface area contributed by atoms with Gasteiger partial charge in [-0.3, -0.25) is 4.79 Å². The highest BCUT2D eigenvalue weighted by Gasteiger charge is 2.23. The standard InChI is InChI=1S/C25H27ClN2O4/c1-5-19(31-20-11-10-14(2)12-15(20)3)25(30)28-18-13-22(16(4)23(26)24(18)29)32-21-9-7-6-8-17(21)27/h6-13,19,29H,5,27H2,1-4H3,(H,28,30). The van der Waals surface area contributed by atoms with Crippen LogP contribution in [0.15, 0.2) is 48.5 Å². The number of benzene rings is 3. The van der Waals surface area contributed by atoms with Gasteiger partial charge in [-0.2, -0.15) is 0 Å². The fourth-order valence-electron chi connectivity index (χ4n) is 3.23. The third-order valence-corrected chi connectivity index (χ3v) is 5.56. The number of para-hydroxylation sites is 2. The van der Waals surface area contributed by atoms with E-state index in [1.54, 1.807) is 31.2 Å². The first-order valence-corrected chi connectivity index (χ1v) is 10.7. The van der Waals surface area contributed by atoms with Crippen LogP contribution < -0.4 is 20.5 Å². The third-order valence-electron chi connectivity index (χ3n) is 5.10. The highest BCUT2D eigenvalue weighted by molar-refractivity contribution is 6.33. The van der Waals surface area contributed by atoms with Crippen molar-refractivity contribution in [2.45, 2.75) is 40.2 Å². The Labute approximate surface area is 192 Å². The van der Waals surface area contributed by atoms with Gasteiger partial charge in [0.15, 0.2) is 11.9 Å². The first kappa shape index (κ1) is 23.3. The summed E-state index contributed by atoms with van der Waals surface area (Å²) < 4.78 is 11.8. The van der Waals surface area contributed by atoms with Crippen molar-refractivity contribution >= 4 is 28.9 Å². The molecule has 0 aliphatic rings. The molecule has 3 aromatic rings. The van der Waals surface area contributed by atoms with Gasteiger partial charge in [-0.1, -0.05) is 48.4 Å². The first-order chi connectivity index (χ1) is 15.2. The Morgan fingerprint density at radius 3 is 2.47 bits per heavy atom. The molecular formula is C25H27ClN2O4. The summed E-state index contributed by atoms with van der Waals surface area (Å²) in [6, 6.07) is 14.3. The van der Waals surface area contributed by atoms with Gasteiger partial charge in [-0.15, -0.1) is 0 Å². The van der Waals surface area contributed by atoms with E-state index in [9.17, 15) is 9.90 Å². The van der Waals surface area contributed by atoms with Crippen LogP contribution in [0.2, 0.25) is 5.02 Å². The number of anilines is 2. The molecule has 3 rings (SSSR count). The number of nitrogen functional groups attached to an aromatic ring is 1. The second-order valence-corrected chi connectivity index (χ2v) is 8.00. The second-order valence-electron chi connectivity index (χ2n) is 7.62. The SMILES string of the molecule is CCC(Oc1ccc(C)cc1C)C(=O)Nc1cc(Oc2ccccc2N)c(C)c(Cl)c1O. The molecule has 0 heterocycles. The highest BCUT2D eigenvalue weighted by Crippen LogP contribution is 2.42. The zero-order valence-electron chi connectivity index (χ0n) is 18.5. The molecular weight excluding hydrogens is 428 g/mol. The summed E-state index contributed by atoms with van der Waals surface area (Å²) in [6.45, 7) is 7.48. The molecule has 0 fully saturated rings. The van der Waals surface area contributed by atoms with Crippen molar-refractivity contribution in [3.05, 3.63) is 70.2 Å². The maximum atomic E-state index is 12.9. The quantitative estimate of drug-likeness (QED) is 0.294. The van der Waals surface area contributed by atoms with Gasteiger partial charge in [0.25, 0.3) is 5.91 Å². The Morgan fingerprint density at radius 2 is 1.81 bits per heavy atom. The Bertz CT molecular complexity index is 1150. The molecule has 0 radical (unpaired) electrons. The number of nitrogens with two attached hydrogens (primary N) is 1. The topological polar surface area (TPSA) is 93.8 Å². The lowest BCUT2D eigenvalue weighted by atomic mass is 10.1. The number of hydrogen-bond donors (Lipinski definition) is 3. The molecule has 0 bridgehead atoms. The average molecular weight is 455 g/mol. The van der Waals surface area contributed by atoms with Crippen molar-refractivity contribution in [1.29, 1.82) is 0 Å². The second kappa shape index (κ2) is 9.83. The van der Waals surface area contributed by atoms with Crippen LogP contribution in [-0.4, -0.2) is 17.1 Å². The smallest absolute Gasteiger partial charge is 0.265 e. The predicted molar refractivity (Wildman–Crippen MR) is 128 cm³/mol. The highest BCUT2D eigenvalue weighted by atomic mass is 35.5. The summed E-state index contributed by atoms with van der Waals surface area (Å²) in [5.41, 5.74) is 9.11. The Balaban J connectivity index is 1.85. The number of phenols is 1. The molecule has 4 N–H and O–H groups in total. The molecule has 1 unspecified atom stereocenters. The van der Waals surface area contributed by atoms with Gasteiger partial charge in [0, 0.05) is 11.6 Å². The number of rotatable bonds is 7. The summed E-state index contributed by atoms with van der Waals surface area (Å²) in [6.07, 6.45) is -0.325. The Hall–Kier alpha value is -3.38. The number of phenolic OH excluding ortho intramolecular Hbond substituents is 1. The van der Waals surface area contributed by atoms with Gasteiger partial charge in [-0.25, -0.2) is 0 Å². The van der Waals surface area contributed by atoms with E-state index in [1.165, 1.54) is 6.07 Å². The minimum absolute atomic E-state index is 0.0793. The van der Waals surface area contributed by atoms with Crippen LogP contribution in [0.1, 0.15) is 30.0 Å². The minimum atomic E-state index is -0.759. The minimum Gasteiger partial charge on any atom is -0.504 e. The van der Waals surface area contributed by atoms with Crippen molar-refractivity contribution in [2.24, 2.45) is 0 Å². The number of ether oxygens (including phenoxy) is 2. The van der Waals surface area contributed by atoms with E-state index < -0.39 is 12.0 Å². The van der Waals surface area contributed by atoms with E-state index in [4.69, 9.17) is 26.8 Å². The van der Waals surface area contributed by atoms with Crippen LogP contribution in [-0.2, 0) is 4.79 Å². The third kappa shape index (κ3) is 5.08. The van der Waals surface area contributed by atoms with Gasteiger partial charge < -0.3 is 25.6 Å². The predicted octanol–water partition coefficient (Wildman–Crippen LogP) is 6.14. The van der Waals surface area contributed by atoms with Crippen LogP contribution in [0, 0.1) is 20.8 Å². The normalized spacial score (nSPS) is 11.7. The molecule has 1 atom stereocenters. The molecule has 168 valence electrons. The van der Waals surface area contributed by atoms with E-state index in [2.05, 4.69) is 5.32 Å². The number of halogens is 1. The van der Waals surface area contributed by atoms with Crippen molar-refractivity contribution < 1.29 is 19.4 Å². The lowest BCUT2D eigenvalue weighted by Gasteiger charge is -2.20. The molecule has 0 saturated heterocycles. The van der Waals surface area contributed by atoms with Gasteiger partial charge in [0.05, 0.1) is 16.4 Å². The van der Waals surface area contributed by atoms with E-state index in [-0.39, 0.29) is 16.5 Å². The van der Waals surface area contributed by atoms with Gasteiger partial charge >= 0.3 is 0 Å². The maximum absolute atomic E-state index is 12.9. The van der Waals surface area contributed by atoms with Gasteiger partial charge in [0.1, 0.15) is 17.2 Å². The molecule has 3 aromatic carbocycles. The summed E-state index contributed by atoms with van der Waals surface area (Å²) in [5.74, 6) is 0.788. The Kier molecular flexibility index (Phi) is 7.15. The summed E-state index contributed by atoms with van der Waals surface area (Å²) in [7, 11) is 0. The lowest BCUT2D eigenvalue weighted by molar-refractivity contribution is -0.122. The average Bonchev–Trinajstić information content (AvgIpc) is 2.76. The van der Waals surface area contributed by atoms with E-state index in [1.807, 2.05) is 39.0 Å². The van der Waals surface area contributed by atoms with Crippen LogP contribution in [0.25, 0.3) is 0 Å². The molecule has 1 amide bonds. The zero-order chi connectivity index (χ0) is 23.4. The van der Waals surface area contributed by atoms with Crippen molar-refractivity contribution in [2.75, 3.05) is 11.1 Å². The number of amides is 1. The molecule has 0 saturated carbocycles. The number of carbonyl (C=O) groups excluding carboxylic acids is 1. The fourth-order valence-corrected chi connectivity index (χ4v) is 3.42. The van der Waals surface area contributed by atoms with Crippen molar-refractivity contribution in [3.63, 3.8) is 0 Å². The number of hydrogen-bond acceptors (Lipinski definition) is 5. The zero-order valence-corrected chi connectivity index (χ0v) is 19.3. The molecule has 6 nitrogen and oxygen atoms in total. The molecule has 0 aliphatic heterocycles. The van der Waals surface area contributed by atoms with Crippen LogP contribution in [0.3, 0.4) is 0 Å². The molecule has 7 heteroatoms. The number of nitrogens with one attached hydrogen (secondary N) is 1. The fraction of sp³-hybridized carbons (Fsp3) is 0.240. The molecule has 0 aromatic heterocycles. The Morgan fingerprint density at radius 1 is 1.09 bits per heavy atom. The largest absolute Gasteiger partial charge is 0.504 e. The van der Waals surface area contributed by atoms with Gasteiger partial charge in [-0.05, 0) is 51.0 Å². The molecule has 0 aliphatic carbocycles. The van der Waals surface area contributed by atoms with E-state index in [0.717, 1.165) is 11.1 Å². The van der Waals surface area contributed by atoms with Crippen LogP contribution in [0.4, 0.5) is 11.4 Å². The van der Waals surface area contributed by atoms with Crippen LogP contribution >= 0.6 is 11.6 Å². The number of carbonyl (C=O) groups is 1. The monoisotopic (exact) mass is 454 g/mol. The van der Waals surface area contributed by atoms with Crippen molar-refractivity contribution in [1.82, 2.24) is 0 Å². The van der Waals surface area contributed by atoms with Gasteiger partial charge in [0.2, 0.25) is 0 Å². The van der Waals surface area contributed by atoms with E-state index >= 15 is 0 Å². The molecule has 0 spiro atoms. The maximum Gasteiger partial charge on any atom is 0.265 e. The van der Waals surface area contributed by atoms with E-state index in [0.29, 0.717) is 34.9 Å².